The van der Waals surface area contributed by atoms with Crippen LogP contribution in [0.4, 0.5) is 5.82 Å². The molecule has 1 amide bonds. The molecular formula is C17H20N4O. The van der Waals surface area contributed by atoms with Crippen molar-refractivity contribution in [2.24, 2.45) is 17.8 Å². The molecule has 0 spiro atoms. The minimum absolute atomic E-state index is 0.00651. The van der Waals surface area contributed by atoms with Gasteiger partial charge in [0, 0.05) is 24.5 Å². The van der Waals surface area contributed by atoms with Gasteiger partial charge in [-0.1, -0.05) is 0 Å². The summed E-state index contributed by atoms with van der Waals surface area (Å²) >= 11 is 0. The normalized spacial score (nSPS) is 23.3. The van der Waals surface area contributed by atoms with Crippen molar-refractivity contribution in [3.05, 3.63) is 30.1 Å². The molecule has 22 heavy (non-hydrogen) atoms. The van der Waals surface area contributed by atoms with Gasteiger partial charge in [-0.3, -0.25) is 4.79 Å². The zero-order valence-corrected chi connectivity index (χ0v) is 12.7. The van der Waals surface area contributed by atoms with Crippen LogP contribution >= 0.6 is 0 Å². The number of amides is 1. The van der Waals surface area contributed by atoms with Gasteiger partial charge in [-0.2, -0.15) is 0 Å². The summed E-state index contributed by atoms with van der Waals surface area (Å²) in [4.78, 5) is 20.7. The lowest BCUT2D eigenvalue weighted by atomic mass is 10.1. The maximum atomic E-state index is 12.3. The molecule has 0 unspecified atom stereocenters. The SMILES string of the molecule is CNc1ncnc2cc(C(=O)NC[C@@H]3C[C@H]3C3CC3)ccc12. The number of benzene rings is 1. The number of carbonyl (C=O) groups is 1. The Morgan fingerprint density at radius 2 is 2.18 bits per heavy atom. The van der Waals surface area contributed by atoms with Gasteiger partial charge in [-0.25, -0.2) is 9.97 Å². The molecule has 2 aliphatic carbocycles. The average Bonchev–Trinajstić information content (AvgIpc) is 3.44. The van der Waals surface area contributed by atoms with Crippen LogP contribution in [0.5, 0.6) is 0 Å². The monoisotopic (exact) mass is 296 g/mol. The molecule has 1 aromatic heterocycles. The van der Waals surface area contributed by atoms with E-state index in [1.54, 1.807) is 0 Å². The summed E-state index contributed by atoms with van der Waals surface area (Å²) in [5.41, 5.74) is 1.45. The first-order chi connectivity index (χ1) is 10.8. The standard InChI is InChI=1S/C17H20N4O/c1-18-16-13-5-4-11(7-15(13)20-9-21-16)17(22)19-8-12-6-14(12)10-2-3-10/h4-5,7,9-10,12,14H,2-3,6,8H2,1H3,(H,19,22)(H,18,20,21)/t12-,14-/m0/s1. The number of hydrogen-bond acceptors (Lipinski definition) is 4. The van der Waals surface area contributed by atoms with Crippen molar-refractivity contribution >= 4 is 22.6 Å². The third-order valence-corrected chi connectivity index (χ3v) is 4.87. The molecule has 0 aliphatic heterocycles. The zero-order chi connectivity index (χ0) is 15.1. The van der Waals surface area contributed by atoms with Crippen molar-refractivity contribution in [3.63, 3.8) is 0 Å². The van der Waals surface area contributed by atoms with Crippen LogP contribution in [-0.2, 0) is 0 Å². The van der Waals surface area contributed by atoms with Gasteiger partial charge >= 0.3 is 0 Å². The van der Waals surface area contributed by atoms with E-state index >= 15 is 0 Å². The second-order valence-corrected chi connectivity index (χ2v) is 6.41. The summed E-state index contributed by atoms with van der Waals surface area (Å²) < 4.78 is 0. The molecule has 5 heteroatoms. The summed E-state index contributed by atoms with van der Waals surface area (Å²) in [5.74, 6) is 3.31. The molecule has 5 nitrogen and oxygen atoms in total. The van der Waals surface area contributed by atoms with E-state index < -0.39 is 0 Å². The second-order valence-electron chi connectivity index (χ2n) is 6.41. The van der Waals surface area contributed by atoms with Crippen LogP contribution in [-0.4, -0.2) is 29.5 Å². The predicted octanol–water partition coefficient (Wildman–Crippen LogP) is 2.45. The van der Waals surface area contributed by atoms with Crippen LogP contribution in [0.25, 0.3) is 10.9 Å². The van der Waals surface area contributed by atoms with Gasteiger partial charge in [0.15, 0.2) is 0 Å². The van der Waals surface area contributed by atoms with Crippen molar-refractivity contribution in [3.8, 4) is 0 Å². The molecule has 2 aliphatic rings. The Balaban J connectivity index is 1.45. The van der Waals surface area contributed by atoms with E-state index in [-0.39, 0.29) is 5.91 Å². The van der Waals surface area contributed by atoms with Gasteiger partial charge in [-0.15, -0.1) is 0 Å². The molecule has 2 saturated carbocycles. The Hall–Kier alpha value is -2.17. The smallest absolute Gasteiger partial charge is 0.251 e. The highest BCUT2D eigenvalue weighted by Gasteiger charge is 2.47. The van der Waals surface area contributed by atoms with Gasteiger partial charge in [0.05, 0.1) is 5.52 Å². The molecule has 4 rings (SSSR count). The zero-order valence-electron chi connectivity index (χ0n) is 12.7. The molecule has 2 aromatic rings. The number of aromatic nitrogens is 2. The fourth-order valence-electron chi connectivity index (χ4n) is 3.33. The summed E-state index contributed by atoms with van der Waals surface area (Å²) in [6, 6.07) is 5.58. The van der Waals surface area contributed by atoms with E-state index in [9.17, 15) is 4.79 Å². The molecule has 2 N–H and O–H groups in total. The van der Waals surface area contributed by atoms with E-state index in [1.807, 2.05) is 25.2 Å². The summed E-state index contributed by atoms with van der Waals surface area (Å²) in [6.07, 6.45) is 5.60. The first kappa shape index (κ1) is 13.5. The number of rotatable bonds is 5. The van der Waals surface area contributed by atoms with Crippen molar-refractivity contribution in [1.29, 1.82) is 0 Å². The largest absolute Gasteiger partial charge is 0.373 e. The lowest BCUT2D eigenvalue weighted by molar-refractivity contribution is 0.0951. The Labute approximate surface area is 129 Å². The number of fused-ring (bicyclic) bond motifs is 1. The third-order valence-electron chi connectivity index (χ3n) is 4.87. The highest BCUT2D eigenvalue weighted by Crippen LogP contribution is 2.53. The topological polar surface area (TPSA) is 66.9 Å². The number of nitrogens with zero attached hydrogens (tertiary/aromatic N) is 2. The number of carbonyl (C=O) groups excluding carboxylic acids is 1. The predicted molar refractivity (Wildman–Crippen MR) is 85.7 cm³/mol. The van der Waals surface area contributed by atoms with Crippen molar-refractivity contribution in [2.75, 3.05) is 18.9 Å². The average molecular weight is 296 g/mol. The minimum Gasteiger partial charge on any atom is -0.373 e. The van der Waals surface area contributed by atoms with Crippen LogP contribution in [0.15, 0.2) is 24.5 Å². The molecule has 1 aromatic carbocycles. The molecule has 2 atom stereocenters. The minimum atomic E-state index is -0.00651. The quantitative estimate of drug-likeness (QED) is 0.889. The lowest BCUT2D eigenvalue weighted by Gasteiger charge is -2.07. The van der Waals surface area contributed by atoms with Crippen molar-refractivity contribution in [2.45, 2.75) is 19.3 Å². The van der Waals surface area contributed by atoms with Gasteiger partial charge in [0.25, 0.3) is 5.91 Å². The third kappa shape index (κ3) is 2.51. The van der Waals surface area contributed by atoms with Crippen LogP contribution in [0.2, 0.25) is 0 Å². The first-order valence-corrected chi connectivity index (χ1v) is 7.97. The Morgan fingerprint density at radius 1 is 1.32 bits per heavy atom. The highest BCUT2D eigenvalue weighted by molar-refractivity contribution is 5.99. The van der Waals surface area contributed by atoms with Crippen LogP contribution in [0.1, 0.15) is 29.6 Å². The van der Waals surface area contributed by atoms with Crippen LogP contribution in [0.3, 0.4) is 0 Å². The van der Waals surface area contributed by atoms with Crippen molar-refractivity contribution in [1.82, 2.24) is 15.3 Å². The summed E-state index contributed by atoms with van der Waals surface area (Å²) in [5, 5.41) is 7.03. The van der Waals surface area contributed by atoms with Gasteiger partial charge in [0.2, 0.25) is 0 Å². The molecule has 0 saturated heterocycles. The number of nitrogens with one attached hydrogen (secondary N) is 2. The maximum Gasteiger partial charge on any atom is 0.251 e. The van der Waals surface area contributed by atoms with Crippen molar-refractivity contribution < 1.29 is 4.79 Å². The van der Waals surface area contributed by atoms with E-state index in [0.717, 1.165) is 35.1 Å². The molecule has 2 fully saturated rings. The van der Waals surface area contributed by atoms with Crippen LogP contribution < -0.4 is 10.6 Å². The highest BCUT2D eigenvalue weighted by atomic mass is 16.1. The van der Waals surface area contributed by atoms with Gasteiger partial charge in [0.1, 0.15) is 12.1 Å². The first-order valence-electron chi connectivity index (χ1n) is 7.97. The number of anilines is 1. The van der Waals surface area contributed by atoms with Gasteiger partial charge < -0.3 is 10.6 Å². The molecule has 0 bridgehead atoms. The fourth-order valence-corrected chi connectivity index (χ4v) is 3.33. The Bertz CT molecular complexity index is 726. The van der Waals surface area contributed by atoms with E-state index in [0.29, 0.717) is 11.5 Å². The van der Waals surface area contributed by atoms with E-state index in [1.165, 1.54) is 25.6 Å². The van der Waals surface area contributed by atoms with Gasteiger partial charge in [-0.05, 0) is 55.2 Å². The second kappa shape index (κ2) is 5.23. The lowest BCUT2D eigenvalue weighted by Crippen LogP contribution is -2.26. The Kier molecular flexibility index (Phi) is 3.21. The summed E-state index contributed by atoms with van der Waals surface area (Å²) in [7, 11) is 1.83. The molecule has 114 valence electrons. The molecular weight excluding hydrogens is 276 g/mol. The van der Waals surface area contributed by atoms with E-state index in [4.69, 9.17) is 0 Å². The van der Waals surface area contributed by atoms with Crippen LogP contribution in [0, 0.1) is 17.8 Å². The summed E-state index contributed by atoms with van der Waals surface area (Å²) in [6.45, 7) is 0.809. The number of hydrogen-bond donors (Lipinski definition) is 2. The fraction of sp³-hybridized carbons (Fsp3) is 0.471. The maximum absolute atomic E-state index is 12.3. The molecule has 1 heterocycles. The Morgan fingerprint density at radius 3 is 2.95 bits per heavy atom. The molecule has 0 radical (unpaired) electrons. The van der Waals surface area contributed by atoms with E-state index in [2.05, 4.69) is 20.6 Å².